The van der Waals surface area contributed by atoms with Gasteiger partial charge in [0, 0.05) is 11.9 Å². The van der Waals surface area contributed by atoms with Gasteiger partial charge >= 0.3 is 0 Å². The van der Waals surface area contributed by atoms with Gasteiger partial charge in [0.25, 0.3) is 5.91 Å². The van der Waals surface area contributed by atoms with E-state index in [4.69, 9.17) is 9.15 Å². The van der Waals surface area contributed by atoms with E-state index in [1.807, 2.05) is 103 Å². The minimum Gasteiger partial charge on any atom is -0.503 e. The van der Waals surface area contributed by atoms with Crippen molar-refractivity contribution in [1.29, 1.82) is 0 Å². The van der Waals surface area contributed by atoms with Gasteiger partial charge < -0.3 is 19.2 Å². The number of hydrogen-bond donors (Lipinski definition) is 1. The van der Waals surface area contributed by atoms with Crippen molar-refractivity contribution in [2.45, 2.75) is 19.2 Å². The zero-order valence-electron chi connectivity index (χ0n) is 21.0. The molecule has 0 radical (unpaired) electrons. The van der Waals surface area contributed by atoms with Crippen LogP contribution in [0.15, 0.2) is 131 Å². The fourth-order valence-corrected chi connectivity index (χ4v) is 4.89. The highest BCUT2D eigenvalue weighted by atomic mass is 16.5. The van der Waals surface area contributed by atoms with Crippen molar-refractivity contribution < 1.29 is 23.8 Å². The van der Waals surface area contributed by atoms with Gasteiger partial charge in [-0.05, 0) is 41.0 Å². The molecule has 0 spiro atoms. The molecule has 1 unspecified atom stereocenters. The molecule has 192 valence electrons. The summed E-state index contributed by atoms with van der Waals surface area (Å²) in [6.45, 7) is 0.635. The Labute approximate surface area is 225 Å². The lowest BCUT2D eigenvalue weighted by Gasteiger charge is -2.27. The van der Waals surface area contributed by atoms with Crippen LogP contribution in [0.1, 0.15) is 33.3 Å². The summed E-state index contributed by atoms with van der Waals surface area (Å²) in [5.41, 5.74) is 3.15. The number of ketones is 1. The number of hydrogen-bond acceptors (Lipinski definition) is 5. The highest BCUT2D eigenvalue weighted by Crippen LogP contribution is 2.41. The van der Waals surface area contributed by atoms with Crippen LogP contribution in [0.2, 0.25) is 0 Å². The SMILES string of the molecule is O=C(C1=C(O)C(=O)N(Cc2ccccc2)C1c1ccc(OCc2ccccc2)cc1)c1cc2ccccc2o1. The number of nitrogens with zero attached hydrogens (tertiary/aromatic N) is 1. The van der Waals surface area contributed by atoms with Crippen molar-refractivity contribution in [3.63, 3.8) is 0 Å². The predicted octanol–water partition coefficient (Wildman–Crippen LogP) is 6.79. The summed E-state index contributed by atoms with van der Waals surface area (Å²) in [6, 6.07) is 34.7. The largest absolute Gasteiger partial charge is 0.503 e. The molecule has 6 heteroatoms. The number of benzene rings is 4. The van der Waals surface area contributed by atoms with E-state index in [0.717, 1.165) is 16.5 Å². The topological polar surface area (TPSA) is 80.0 Å². The van der Waals surface area contributed by atoms with Gasteiger partial charge in [-0.15, -0.1) is 0 Å². The summed E-state index contributed by atoms with van der Waals surface area (Å²) >= 11 is 0. The quantitative estimate of drug-likeness (QED) is 0.230. The number of para-hydroxylation sites is 1. The molecule has 6 nitrogen and oxygen atoms in total. The number of rotatable bonds is 8. The number of aliphatic hydroxyl groups is 1. The van der Waals surface area contributed by atoms with Crippen molar-refractivity contribution in [2.24, 2.45) is 0 Å². The Morgan fingerprint density at radius 1 is 0.821 bits per heavy atom. The molecule has 1 aliphatic heterocycles. The second-order valence-electron chi connectivity index (χ2n) is 9.40. The zero-order chi connectivity index (χ0) is 26.8. The second kappa shape index (κ2) is 10.3. The number of amides is 1. The van der Waals surface area contributed by atoms with Gasteiger partial charge in [-0.2, -0.15) is 0 Å². The lowest BCUT2D eigenvalue weighted by atomic mass is 9.94. The van der Waals surface area contributed by atoms with Crippen LogP contribution in [0.3, 0.4) is 0 Å². The molecule has 4 aromatic carbocycles. The van der Waals surface area contributed by atoms with E-state index in [1.54, 1.807) is 12.1 Å². The molecular formula is C33H25NO5. The molecule has 2 heterocycles. The maximum atomic E-state index is 13.8. The smallest absolute Gasteiger partial charge is 0.290 e. The van der Waals surface area contributed by atoms with E-state index in [-0.39, 0.29) is 17.9 Å². The lowest BCUT2D eigenvalue weighted by Crippen LogP contribution is -2.30. The first-order chi connectivity index (χ1) is 19.1. The number of furan rings is 1. The summed E-state index contributed by atoms with van der Waals surface area (Å²) < 4.78 is 11.7. The van der Waals surface area contributed by atoms with Crippen molar-refractivity contribution in [1.82, 2.24) is 4.90 Å². The molecule has 1 aromatic heterocycles. The molecule has 5 aromatic rings. The monoisotopic (exact) mass is 515 g/mol. The first-order valence-electron chi connectivity index (χ1n) is 12.7. The summed E-state index contributed by atoms with van der Waals surface area (Å²) in [5.74, 6) is -0.972. The summed E-state index contributed by atoms with van der Waals surface area (Å²) in [5, 5.41) is 11.8. The Morgan fingerprint density at radius 2 is 1.46 bits per heavy atom. The molecule has 1 N–H and O–H groups in total. The zero-order valence-corrected chi connectivity index (χ0v) is 21.0. The maximum Gasteiger partial charge on any atom is 0.290 e. The lowest BCUT2D eigenvalue weighted by molar-refractivity contribution is -0.130. The minimum atomic E-state index is -0.804. The van der Waals surface area contributed by atoms with E-state index in [9.17, 15) is 14.7 Å². The average Bonchev–Trinajstić information content (AvgIpc) is 3.52. The fraction of sp³-hybridized carbons (Fsp3) is 0.0909. The van der Waals surface area contributed by atoms with Crippen LogP contribution in [0.25, 0.3) is 11.0 Å². The molecule has 6 rings (SSSR count). The second-order valence-corrected chi connectivity index (χ2v) is 9.40. The van der Waals surface area contributed by atoms with Crippen molar-refractivity contribution >= 4 is 22.7 Å². The molecule has 0 saturated heterocycles. The highest BCUT2D eigenvalue weighted by molar-refractivity contribution is 6.16. The number of aliphatic hydroxyl groups excluding tert-OH is 1. The predicted molar refractivity (Wildman–Crippen MR) is 147 cm³/mol. The summed E-state index contributed by atoms with van der Waals surface area (Å²) in [6.07, 6.45) is 0. The van der Waals surface area contributed by atoms with Crippen molar-refractivity contribution in [3.05, 3.63) is 149 Å². The minimum absolute atomic E-state index is 0.00654. The number of carbonyl (C=O) groups excluding carboxylic acids is 2. The molecule has 1 amide bonds. The van der Waals surface area contributed by atoms with E-state index < -0.39 is 23.5 Å². The van der Waals surface area contributed by atoms with Gasteiger partial charge in [0.2, 0.25) is 5.78 Å². The van der Waals surface area contributed by atoms with Crippen LogP contribution < -0.4 is 4.74 Å². The third kappa shape index (κ3) is 4.80. The Bertz CT molecular complexity index is 1640. The maximum absolute atomic E-state index is 13.8. The first kappa shape index (κ1) is 24.2. The first-order valence-corrected chi connectivity index (χ1v) is 12.7. The fourth-order valence-electron chi connectivity index (χ4n) is 4.89. The van der Waals surface area contributed by atoms with Gasteiger partial charge in [-0.25, -0.2) is 0 Å². The molecular weight excluding hydrogens is 490 g/mol. The molecule has 1 atom stereocenters. The molecule has 39 heavy (non-hydrogen) atoms. The number of carbonyl (C=O) groups is 2. The highest BCUT2D eigenvalue weighted by Gasteiger charge is 2.44. The van der Waals surface area contributed by atoms with Gasteiger partial charge in [0.1, 0.15) is 17.9 Å². The van der Waals surface area contributed by atoms with Gasteiger partial charge in [0.05, 0.1) is 11.6 Å². The third-order valence-corrected chi connectivity index (χ3v) is 6.84. The molecule has 1 aliphatic rings. The normalized spacial score (nSPS) is 15.2. The van der Waals surface area contributed by atoms with Crippen molar-refractivity contribution in [3.8, 4) is 5.75 Å². The third-order valence-electron chi connectivity index (χ3n) is 6.84. The standard InChI is InChI=1S/C33H25NO5/c35-31(28-19-25-13-7-8-14-27(25)39-28)29-30(34(33(37)32(29)36)20-22-9-3-1-4-10-22)24-15-17-26(18-16-24)38-21-23-11-5-2-6-12-23/h1-19,30,36H,20-21H2. The van der Waals surface area contributed by atoms with E-state index in [0.29, 0.717) is 23.5 Å². The number of Topliss-reactive ketones (excluding diaryl/α,β-unsaturated/α-hetero) is 1. The van der Waals surface area contributed by atoms with Crippen molar-refractivity contribution in [2.75, 3.05) is 0 Å². The van der Waals surface area contributed by atoms with Gasteiger partial charge in [-0.3, -0.25) is 9.59 Å². The van der Waals surface area contributed by atoms with Crippen LogP contribution in [0, 0.1) is 0 Å². The van der Waals surface area contributed by atoms with Crippen LogP contribution in [0.5, 0.6) is 5.75 Å². The average molecular weight is 516 g/mol. The molecule has 0 saturated carbocycles. The van der Waals surface area contributed by atoms with E-state index in [2.05, 4.69) is 0 Å². The Kier molecular flexibility index (Phi) is 6.43. The van der Waals surface area contributed by atoms with Gasteiger partial charge in [0.15, 0.2) is 11.5 Å². The van der Waals surface area contributed by atoms with Crippen LogP contribution in [0.4, 0.5) is 0 Å². The Hall–Kier alpha value is -5.10. The Morgan fingerprint density at radius 3 is 2.15 bits per heavy atom. The van der Waals surface area contributed by atoms with Crippen LogP contribution >= 0.6 is 0 Å². The van der Waals surface area contributed by atoms with Gasteiger partial charge in [-0.1, -0.05) is 91.0 Å². The molecule has 0 bridgehead atoms. The number of fused-ring (bicyclic) bond motifs is 1. The Balaban J connectivity index is 1.34. The summed E-state index contributed by atoms with van der Waals surface area (Å²) in [4.78, 5) is 28.6. The van der Waals surface area contributed by atoms with E-state index in [1.165, 1.54) is 4.90 Å². The molecule has 0 aliphatic carbocycles. The van der Waals surface area contributed by atoms with Crippen LogP contribution in [-0.4, -0.2) is 21.7 Å². The number of ether oxygens (including phenoxy) is 1. The molecule has 0 fully saturated rings. The van der Waals surface area contributed by atoms with Crippen LogP contribution in [-0.2, 0) is 17.9 Å². The van der Waals surface area contributed by atoms with E-state index >= 15 is 0 Å². The summed E-state index contributed by atoms with van der Waals surface area (Å²) in [7, 11) is 0.